The van der Waals surface area contributed by atoms with E-state index >= 15 is 0 Å². The van der Waals surface area contributed by atoms with Crippen LogP contribution < -0.4 is 15.0 Å². The van der Waals surface area contributed by atoms with Crippen molar-refractivity contribution in [1.82, 2.24) is 20.1 Å². The van der Waals surface area contributed by atoms with Crippen molar-refractivity contribution in [2.24, 2.45) is 4.99 Å². The van der Waals surface area contributed by atoms with Gasteiger partial charge in [0.05, 0.1) is 23.2 Å². The number of benzene rings is 3. The highest BCUT2D eigenvalue weighted by Gasteiger charge is 2.32. The molecule has 4 aromatic rings. The van der Waals surface area contributed by atoms with Crippen LogP contribution in [0.5, 0.6) is 5.75 Å². The third-order valence-electron chi connectivity index (χ3n) is 6.30. The zero-order valence-corrected chi connectivity index (χ0v) is 23.3. The number of carbonyl (C=O) groups excluding carboxylic acids is 2. The lowest BCUT2D eigenvalue weighted by atomic mass is 10.1. The zero-order valence-electron chi connectivity index (χ0n) is 22.4. The number of nitrogens with one attached hydrogen (secondary N) is 1. The highest BCUT2D eigenvalue weighted by molar-refractivity contribution is 8.15. The van der Waals surface area contributed by atoms with Gasteiger partial charge < -0.3 is 10.1 Å². The number of urea groups is 1. The Bertz CT molecular complexity index is 1710. The Balaban J connectivity index is 1.27. The maximum Gasteiger partial charge on any atom is 0.573 e. The van der Waals surface area contributed by atoms with Gasteiger partial charge in [-0.2, -0.15) is 10.3 Å². The van der Waals surface area contributed by atoms with Crippen LogP contribution >= 0.6 is 11.8 Å². The highest BCUT2D eigenvalue weighted by atomic mass is 32.2. The van der Waals surface area contributed by atoms with E-state index in [2.05, 4.69) is 25.1 Å². The largest absolute Gasteiger partial charge is 0.573 e. The Hall–Kier alpha value is -5.16. The fourth-order valence-corrected chi connectivity index (χ4v) is 5.15. The highest BCUT2D eigenvalue weighted by Crippen LogP contribution is 2.30. The van der Waals surface area contributed by atoms with E-state index in [0.29, 0.717) is 34.7 Å². The van der Waals surface area contributed by atoms with Crippen molar-refractivity contribution in [3.8, 4) is 28.9 Å². The predicted molar refractivity (Wildman–Crippen MR) is 154 cm³/mol. The molecule has 1 aliphatic rings. The van der Waals surface area contributed by atoms with Gasteiger partial charge in [-0.25, -0.2) is 14.5 Å². The second kappa shape index (κ2) is 12.4. The third-order valence-corrected chi connectivity index (χ3v) is 7.23. The van der Waals surface area contributed by atoms with Gasteiger partial charge in [-0.15, -0.1) is 18.3 Å². The molecule has 1 unspecified atom stereocenters. The molecule has 43 heavy (non-hydrogen) atoms. The summed E-state index contributed by atoms with van der Waals surface area (Å²) in [4.78, 5) is 35.2. The van der Waals surface area contributed by atoms with Gasteiger partial charge in [-0.05, 0) is 47.9 Å². The van der Waals surface area contributed by atoms with Crippen LogP contribution in [0.1, 0.15) is 24.1 Å². The lowest BCUT2D eigenvalue weighted by Gasteiger charge is -2.19. The molecule has 1 aliphatic heterocycles. The maximum atomic E-state index is 12.8. The summed E-state index contributed by atoms with van der Waals surface area (Å²) in [7, 11) is 0. The SMILES string of the molecule is CCc1ccccc1N1C(=O)CS/C1=N\C(=O)NC(C#N)c1ccc(-c2ncn(-c3ccc(OC(F)(F)F)cc3)n2)cc1. The molecule has 1 atom stereocenters. The van der Waals surface area contributed by atoms with Gasteiger partial charge in [0.1, 0.15) is 18.1 Å². The van der Waals surface area contributed by atoms with E-state index in [1.807, 2.05) is 31.2 Å². The Kier molecular flexibility index (Phi) is 8.44. The van der Waals surface area contributed by atoms with Crippen molar-refractivity contribution in [3.05, 3.63) is 90.3 Å². The van der Waals surface area contributed by atoms with E-state index in [9.17, 15) is 28.0 Å². The fraction of sp³-hybridized carbons (Fsp3) is 0.172. The summed E-state index contributed by atoms with van der Waals surface area (Å²) in [6.45, 7) is 1.97. The number of aryl methyl sites for hydroxylation is 1. The van der Waals surface area contributed by atoms with E-state index in [0.717, 1.165) is 17.3 Å². The molecule has 0 spiro atoms. The number of nitrogens with zero attached hydrogens (tertiary/aromatic N) is 6. The average Bonchev–Trinajstić information content (AvgIpc) is 3.62. The molecule has 0 bridgehead atoms. The Morgan fingerprint density at radius 2 is 1.86 bits per heavy atom. The van der Waals surface area contributed by atoms with Gasteiger partial charge in [0.25, 0.3) is 0 Å². The van der Waals surface area contributed by atoms with Gasteiger partial charge in [0.2, 0.25) is 5.91 Å². The molecule has 218 valence electrons. The number of anilines is 1. The summed E-state index contributed by atoms with van der Waals surface area (Å²) in [5, 5.41) is 16.9. The number of rotatable bonds is 7. The molecular weight excluding hydrogens is 583 g/mol. The maximum absolute atomic E-state index is 12.8. The molecule has 1 saturated heterocycles. The first-order chi connectivity index (χ1) is 20.6. The first-order valence-electron chi connectivity index (χ1n) is 12.9. The molecule has 0 aliphatic carbocycles. The summed E-state index contributed by atoms with van der Waals surface area (Å²) in [6.07, 6.45) is -2.68. The van der Waals surface area contributed by atoms with Crippen LogP contribution in [0.25, 0.3) is 17.1 Å². The number of thioether (sulfide) groups is 1. The second-order valence-corrected chi connectivity index (χ2v) is 10.0. The average molecular weight is 606 g/mol. The van der Waals surface area contributed by atoms with Crippen molar-refractivity contribution in [2.45, 2.75) is 25.7 Å². The number of nitriles is 1. The molecule has 10 nitrogen and oxygen atoms in total. The number of aliphatic imine (C=N–C) groups is 1. The smallest absolute Gasteiger partial charge is 0.406 e. The summed E-state index contributed by atoms with van der Waals surface area (Å²) in [5.41, 5.74) is 3.17. The molecule has 1 fully saturated rings. The number of alkyl halides is 3. The van der Waals surface area contributed by atoms with Crippen LogP contribution in [0.4, 0.5) is 23.7 Å². The number of ether oxygens (including phenoxy) is 1. The predicted octanol–water partition coefficient (Wildman–Crippen LogP) is 5.81. The van der Waals surface area contributed by atoms with Crippen LogP contribution in [-0.2, 0) is 11.2 Å². The van der Waals surface area contributed by atoms with E-state index in [1.165, 1.54) is 40.2 Å². The van der Waals surface area contributed by atoms with Crippen molar-refractivity contribution in [3.63, 3.8) is 0 Å². The molecule has 1 aromatic heterocycles. The van der Waals surface area contributed by atoms with Crippen LogP contribution in [0, 0.1) is 11.3 Å². The molecule has 2 heterocycles. The third kappa shape index (κ3) is 6.84. The molecular formula is C29H22F3N7O3S. The van der Waals surface area contributed by atoms with Gasteiger partial charge in [0, 0.05) is 5.56 Å². The van der Waals surface area contributed by atoms with Crippen molar-refractivity contribution in [2.75, 3.05) is 10.7 Å². The summed E-state index contributed by atoms with van der Waals surface area (Å²) in [5.74, 6) is -0.0586. The van der Waals surface area contributed by atoms with Gasteiger partial charge in [-0.1, -0.05) is 61.2 Å². The van der Waals surface area contributed by atoms with Crippen LogP contribution in [0.2, 0.25) is 0 Å². The van der Waals surface area contributed by atoms with E-state index in [-0.39, 0.29) is 22.6 Å². The summed E-state index contributed by atoms with van der Waals surface area (Å²) >= 11 is 1.15. The van der Waals surface area contributed by atoms with Gasteiger partial charge in [0.15, 0.2) is 11.0 Å². The number of hydrogen-bond donors (Lipinski definition) is 1. The quantitative estimate of drug-likeness (QED) is 0.282. The molecule has 3 amide bonds. The zero-order chi connectivity index (χ0) is 30.6. The van der Waals surface area contributed by atoms with Gasteiger partial charge >= 0.3 is 12.4 Å². The Morgan fingerprint density at radius 3 is 2.53 bits per heavy atom. The minimum absolute atomic E-state index is 0.148. The first kappa shape index (κ1) is 29.3. The minimum atomic E-state index is -4.78. The molecule has 0 radical (unpaired) electrons. The molecule has 5 rings (SSSR count). The summed E-state index contributed by atoms with van der Waals surface area (Å²) in [6, 6.07) is 19.4. The van der Waals surface area contributed by atoms with Crippen molar-refractivity contribution < 1.29 is 27.5 Å². The van der Waals surface area contributed by atoms with Crippen LogP contribution in [0.15, 0.2) is 84.1 Å². The van der Waals surface area contributed by atoms with Gasteiger partial charge in [-0.3, -0.25) is 9.69 Å². The second-order valence-electron chi connectivity index (χ2n) is 9.08. The van der Waals surface area contributed by atoms with E-state index in [1.54, 1.807) is 30.3 Å². The van der Waals surface area contributed by atoms with Crippen LogP contribution in [0.3, 0.4) is 0 Å². The number of amidine groups is 1. The minimum Gasteiger partial charge on any atom is -0.406 e. The molecule has 3 aromatic carbocycles. The fourth-order valence-electron chi connectivity index (χ4n) is 4.29. The topological polar surface area (TPSA) is 126 Å². The molecule has 14 heteroatoms. The van der Waals surface area contributed by atoms with E-state index in [4.69, 9.17) is 0 Å². The Labute approximate surface area is 247 Å². The molecule has 1 N–H and O–H groups in total. The monoisotopic (exact) mass is 605 g/mol. The normalized spacial score (nSPS) is 14.9. The number of amides is 3. The molecule has 0 saturated carbocycles. The number of para-hydroxylation sites is 1. The lowest BCUT2D eigenvalue weighted by molar-refractivity contribution is -0.274. The number of carbonyl (C=O) groups is 2. The van der Waals surface area contributed by atoms with Crippen molar-refractivity contribution >= 4 is 34.6 Å². The number of aromatic nitrogens is 3. The number of hydrogen-bond acceptors (Lipinski definition) is 7. The standard InChI is InChI=1S/C29H22F3N7O3S/c1-2-18-5-3-4-6-24(18)39-25(40)16-43-28(39)36-27(41)35-23(15-33)19-7-9-20(10-8-19)26-34-17-38(37-26)21-11-13-22(14-12-21)42-29(30,31)32/h3-14,17,23H,2,16H2,1H3,(H,35,41)/b36-28-. The number of halogens is 3. The van der Waals surface area contributed by atoms with E-state index < -0.39 is 18.4 Å². The Morgan fingerprint density at radius 1 is 1.14 bits per heavy atom. The first-order valence-corrected chi connectivity index (χ1v) is 13.8. The lowest BCUT2D eigenvalue weighted by Crippen LogP contribution is -2.32. The summed E-state index contributed by atoms with van der Waals surface area (Å²) < 4.78 is 42.5. The van der Waals surface area contributed by atoms with Crippen molar-refractivity contribution in [1.29, 1.82) is 5.26 Å². The van der Waals surface area contributed by atoms with Crippen LogP contribution in [-0.4, -0.2) is 44.0 Å².